The zero-order valence-electron chi connectivity index (χ0n) is 19.7. The molecule has 0 fully saturated rings. The summed E-state index contributed by atoms with van der Waals surface area (Å²) < 4.78 is 13.0. The molecule has 0 atom stereocenters. The van der Waals surface area contributed by atoms with Crippen LogP contribution in [0, 0.1) is 0 Å². The van der Waals surface area contributed by atoms with Crippen molar-refractivity contribution in [3.8, 4) is 11.5 Å². The minimum Gasteiger partial charge on any atom is -0.457 e. The van der Waals surface area contributed by atoms with Crippen LogP contribution in [-0.2, 0) is 18.2 Å². The van der Waals surface area contributed by atoms with Gasteiger partial charge in [0.15, 0.2) is 0 Å². The average Bonchev–Trinajstić information content (AvgIpc) is 3.16. The van der Waals surface area contributed by atoms with Crippen LogP contribution < -0.4 is 15.4 Å². The van der Waals surface area contributed by atoms with Crippen molar-refractivity contribution in [2.75, 3.05) is 25.6 Å². The van der Waals surface area contributed by atoms with Crippen molar-refractivity contribution < 1.29 is 14.3 Å². The maximum absolute atomic E-state index is 12.3. The third-order valence-corrected chi connectivity index (χ3v) is 5.48. The second-order valence-corrected chi connectivity index (χ2v) is 7.90. The van der Waals surface area contributed by atoms with E-state index in [-0.39, 0.29) is 5.91 Å². The van der Waals surface area contributed by atoms with Crippen LogP contribution in [0.2, 0.25) is 0 Å². The lowest BCUT2D eigenvalue weighted by Crippen LogP contribution is -2.26. The van der Waals surface area contributed by atoms with Crippen molar-refractivity contribution in [1.29, 1.82) is 0 Å². The Balaban J connectivity index is 1.47. The Morgan fingerprint density at radius 2 is 1.85 bits per heavy atom. The van der Waals surface area contributed by atoms with E-state index in [1.54, 1.807) is 25.4 Å². The lowest BCUT2D eigenvalue weighted by molar-refractivity contribution is 0.0943. The predicted molar refractivity (Wildman–Crippen MR) is 133 cm³/mol. The molecule has 2 heterocycles. The molecular formula is C26H29N5O3. The van der Waals surface area contributed by atoms with Gasteiger partial charge in [-0.15, -0.1) is 0 Å². The average molecular weight is 460 g/mol. The normalized spacial score (nSPS) is 10.9. The van der Waals surface area contributed by atoms with E-state index >= 15 is 0 Å². The molecule has 0 saturated heterocycles. The van der Waals surface area contributed by atoms with Gasteiger partial charge in [-0.05, 0) is 48.7 Å². The molecule has 4 rings (SSSR count). The molecule has 2 aromatic carbocycles. The zero-order chi connectivity index (χ0) is 23.9. The third kappa shape index (κ3) is 5.52. The van der Waals surface area contributed by atoms with Crippen LogP contribution >= 0.6 is 0 Å². The molecule has 1 amide bonds. The van der Waals surface area contributed by atoms with Gasteiger partial charge in [0.1, 0.15) is 17.2 Å². The molecule has 2 N–H and O–H groups in total. The number of carbonyl (C=O) groups excluding carboxylic acids is 1. The molecule has 8 nitrogen and oxygen atoms in total. The number of nitrogens with zero attached hydrogens (tertiary/aromatic N) is 3. The number of amides is 1. The van der Waals surface area contributed by atoms with Crippen molar-refractivity contribution in [3.05, 3.63) is 72.1 Å². The molecule has 0 saturated carbocycles. The molecule has 0 radical (unpaired) electrons. The Morgan fingerprint density at radius 1 is 1.06 bits per heavy atom. The SMILES string of the molecule is CCc1ccc(Nc2nc3cc(Oc4ccnc(C(=O)NCCCOC)c4)ccc3n2C)cc1. The molecule has 0 aliphatic rings. The minimum atomic E-state index is -0.246. The highest BCUT2D eigenvalue weighted by Gasteiger charge is 2.11. The van der Waals surface area contributed by atoms with Gasteiger partial charge < -0.3 is 24.7 Å². The number of aromatic nitrogens is 3. The number of rotatable bonds is 10. The summed E-state index contributed by atoms with van der Waals surface area (Å²) in [6, 6.07) is 17.4. The summed E-state index contributed by atoms with van der Waals surface area (Å²) in [6.07, 6.45) is 3.31. The van der Waals surface area contributed by atoms with Gasteiger partial charge in [-0.1, -0.05) is 19.1 Å². The Hall–Kier alpha value is -3.91. The van der Waals surface area contributed by atoms with Crippen molar-refractivity contribution in [2.45, 2.75) is 19.8 Å². The number of hydrogen-bond acceptors (Lipinski definition) is 6. The van der Waals surface area contributed by atoms with E-state index in [0.29, 0.717) is 30.3 Å². The molecule has 34 heavy (non-hydrogen) atoms. The van der Waals surface area contributed by atoms with Gasteiger partial charge in [0.2, 0.25) is 5.95 Å². The van der Waals surface area contributed by atoms with Crippen LogP contribution in [0.25, 0.3) is 11.0 Å². The third-order valence-electron chi connectivity index (χ3n) is 5.48. The number of carbonyl (C=O) groups is 1. The molecule has 4 aromatic rings. The van der Waals surface area contributed by atoms with Crippen LogP contribution in [0.3, 0.4) is 0 Å². The Bertz CT molecular complexity index is 1270. The maximum Gasteiger partial charge on any atom is 0.270 e. The number of anilines is 2. The topological polar surface area (TPSA) is 90.3 Å². The Kier molecular flexibility index (Phi) is 7.39. The molecule has 176 valence electrons. The fraction of sp³-hybridized carbons (Fsp3) is 0.269. The number of pyridine rings is 1. The van der Waals surface area contributed by atoms with E-state index in [9.17, 15) is 4.79 Å². The van der Waals surface area contributed by atoms with Crippen molar-refractivity contribution in [1.82, 2.24) is 19.9 Å². The molecule has 0 bridgehead atoms. The van der Waals surface area contributed by atoms with Crippen LogP contribution in [0.15, 0.2) is 60.8 Å². The Labute approximate surface area is 198 Å². The monoisotopic (exact) mass is 459 g/mol. The van der Waals surface area contributed by atoms with E-state index in [4.69, 9.17) is 14.5 Å². The molecule has 2 aromatic heterocycles. The number of imidazole rings is 1. The first-order chi connectivity index (χ1) is 16.6. The summed E-state index contributed by atoms with van der Waals surface area (Å²) in [5, 5.41) is 6.20. The van der Waals surface area contributed by atoms with Crippen LogP contribution in [0.4, 0.5) is 11.6 Å². The molecule has 0 unspecified atom stereocenters. The van der Waals surface area contributed by atoms with Gasteiger partial charge in [0, 0.05) is 51.3 Å². The van der Waals surface area contributed by atoms with Gasteiger partial charge >= 0.3 is 0 Å². The quantitative estimate of drug-likeness (QED) is 0.330. The fourth-order valence-corrected chi connectivity index (χ4v) is 3.55. The lowest BCUT2D eigenvalue weighted by atomic mass is 10.1. The highest BCUT2D eigenvalue weighted by molar-refractivity contribution is 5.92. The van der Waals surface area contributed by atoms with Gasteiger partial charge in [0.25, 0.3) is 5.91 Å². The largest absolute Gasteiger partial charge is 0.457 e. The van der Waals surface area contributed by atoms with Crippen molar-refractivity contribution >= 4 is 28.6 Å². The highest BCUT2D eigenvalue weighted by Crippen LogP contribution is 2.28. The van der Waals surface area contributed by atoms with Crippen LogP contribution in [0.1, 0.15) is 29.4 Å². The Morgan fingerprint density at radius 3 is 2.62 bits per heavy atom. The smallest absolute Gasteiger partial charge is 0.270 e. The second kappa shape index (κ2) is 10.8. The van der Waals surface area contributed by atoms with E-state index in [0.717, 1.165) is 35.5 Å². The number of hydrogen-bond donors (Lipinski definition) is 2. The predicted octanol–water partition coefficient (Wildman–Crippen LogP) is 4.83. The van der Waals surface area contributed by atoms with Crippen molar-refractivity contribution in [3.63, 3.8) is 0 Å². The van der Waals surface area contributed by atoms with Crippen LogP contribution in [-0.4, -0.2) is 40.7 Å². The second-order valence-electron chi connectivity index (χ2n) is 7.90. The number of nitrogens with one attached hydrogen (secondary N) is 2. The van der Waals surface area contributed by atoms with E-state index in [1.165, 1.54) is 5.56 Å². The van der Waals surface area contributed by atoms with Crippen LogP contribution in [0.5, 0.6) is 11.5 Å². The number of aryl methyl sites for hydroxylation is 2. The summed E-state index contributed by atoms with van der Waals surface area (Å²) in [5.74, 6) is 1.65. The zero-order valence-corrected chi connectivity index (χ0v) is 19.7. The lowest BCUT2D eigenvalue weighted by Gasteiger charge is -2.08. The summed E-state index contributed by atoms with van der Waals surface area (Å²) in [4.78, 5) is 21.2. The number of benzene rings is 2. The standard InChI is InChI=1S/C26H29N5O3/c1-4-18-6-8-19(9-7-18)29-26-30-22-16-20(10-11-24(22)31(26)2)34-21-12-14-27-23(17-21)25(32)28-13-5-15-33-3/h6-12,14,16-17H,4-5,13,15H2,1-3H3,(H,28,32)(H,29,30). The summed E-state index contributed by atoms with van der Waals surface area (Å²) in [7, 11) is 3.61. The van der Waals surface area contributed by atoms with Gasteiger partial charge in [-0.3, -0.25) is 9.78 Å². The van der Waals surface area contributed by atoms with Gasteiger partial charge in [0.05, 0.1) is 11.0 Å². The molecule has 8 heteroatoms. The molecule has 0 aliphatic heterocycles. The summed E-state index contributed by atoms with van der Waals surface area (Å²) >= 11 is 0. The van der Waals surface area contributed by atoms with E-state index in [1.807, 2.05) is 29.8 Å². The first kappa shape index (κ1) is 23.3. The number of ether oxygens (including phenoxy) is 2. The van der Waals surface area contributed by atoms with Gasteiger partial charge in [-0.2, -0.15) is 0 Å². The maximum atomic E-state index is 12.3. The highest BCUT2D eigenvalue weighted by atomic mass is 16.5. The van der Waals surface area contributed by atoms with E-state index in [2.05, 4.69) is 46.8 Å². The van der Waals surface area contributed by atoms with Crippen molar-refractivity contribution in [2.24, 2.45) is 7.05 Å². The summed E-state index contributed by atoms with van der Waals surface area (Å²) in [6.45, 7) is 3.25. The molecule has 0 spiro atoms. The molecular weight excluding hydrogens is 430 g/mol. The minimum absolute atomic E-state index is 0.246. The summed E-state index contributed by atoms with van der Waals surface area (Å²) in [5.41, 5.74) is 4.36. The fourth-order valence-electron chi connectivity index (χ4n) is 3.55. The van der Waals surface area contributed by atoms with E-state index < -0.39 is 0 Å². The number of fused-ring (bicyclic) bond motifs is 1. The van der Waals surface area contributed by atoms with Gasteiger partial charge in [-0.25, -0.2) is 4.98 Å². The number of methoxy groups -OCH3 is 1. The first-order valence-corrected chi connectivity index (χ1v) is 11.3. The molecule has 0 aliphatic carbocycles. The first-order valence-electron chi connectivity index (χ1n) is 11.3.